The highest BCUT2D eigenvalue weighted by Gasteiger charge is 2.48. The molecule has 3 aromatic carbocycles. The highest BCUT2D eigenvalue weighted by Crippen LogP contribution is 2.59. The summed E-state index contributed by atoms with van der Waals surface area (Å²) in [6.07, 6.45) is 16.1. The lowest BCUT2D eigenvalue weighted by Crippen LogP contribution is -2.45. The topological polar surface area (TPSA) is 147 Å². The van der Waals surface area contributed by atoms with Crippen LogP contribution in [0.1, 0.15) is 135 Å². The number of ether oxygens (including phenoxy) is 2. The number of fused-ring (bicyclic) bond motifs is 10. The van der Waals surface area contributed by atoms with Gasteiger partial charge in [-0.25, -0.2) is 4.99 Å². The Morgan fingerprint density at radius 1 is 1.06 bits per heavy atom. The summed E-state index contributed by atoms with van der Waals surface area (Å²) in [5.74, 6) is 8.87. The number of aromatic hydroxyl groups is 2. The lowest BCUT2D eigenvalue weighted by Gasteiger charge is -2.50. The van der Waals surface area contributed by atoms with E-state index in [-0.39, 0.29) is 78.0 Å². The first-order valence-electron chi connectivity index (χ1n) is 23.6. The van der Waals surface area contributed by atoms with Crippen molar-refractivity contribution in [2.45, 2.75) is 128 Å². The van der Waals surface area contributed by atoms with Gasteiger partial charge in [0.2, 0.25) is 0 Å². The lowest BCUT2D eigenvalue weighted by atomic mass is 9.55. The predicted octanol–water partition coefficient (Wildman–Crippen LogP) is 9.14. The summed E-state index contributed by atoms with van der Waals surface area (Å²) in [4.78, 5) is 18.4. The largest absolute Gasteiger partial charge is 0.508 e. The van der Waals surface area contributed by atoms with Gasteiger partial charge in [-0.15, -0.1) is 0 Å². The van der Waals surface area contributed by atoms with Crippen molar-refractivity contribution in [3.8, 4) is 29.1 Å². The van der Waals surface area contributed by atoms with Crippen LogP contribution >= 0.6 is 0 Å². The number of phenolic OH excluding ortho intramolecular Hbond substituents is 2. The first kappa shape index (κ1) is 44.6. The molecule has 0 amide bonds. The maximum Gasteiger partial charge on any atom is 0.189 e. The fourth-order valence-electron chi connectivity index (χ4n) is 11.5. The minimum atomic E-state index is -0.181. The molecule has 334 valence electrons. The Hall–Kier alpha value is -5.04. The molecule has 63 heavy (non-hydrogen) atoms. The Morgan fingerprint density at radius 2 is 1.89 bits per heavy atom. The molecular weight excluding hydrogens is 787 g/mol. The van der Waals surface area contributed by atoms with Gasteiger partial charge in [-0.3, -0.25) is 4.79 Å². The number of hydrogen-bond acceptors (Lipinski definition) is 9. The van der Waals surface area contributed by atoms with Gasteiger partial charge in [0, 0.05) is 55.6 Å². The van der Waals surface area contributed by atoms with Crippen molar-refractivity contribution in [3.63, 3.8) is 0 Å². The summed E-state index contributed by atoms with van der Waals surface area (Å²) in [7, 11) is 1.77. The van der Waals surface area contributed by atoms with Crippen molar-refractivity contribution in [3.05, 3.63) is 111 Å². The lowest BCUT2D eigenvalue weighted by molar-refractivity contribution is -0.114. The van der Waals surface area contributed by atoms with Crippen LogP contribution in [0.2, 0.25) is 0 Å². The second kappa shape index (κ2) is 20.2. The van der Waals surface area contributed by atoms with Crippen molar-refractivity contribution in [1.82, 2.24) is 5.32 Å². The molecule has 6 N–H and O–H groups in total. The molecule has 2 saturated carbocycles. The number of rotatable bonds is 12. The van der Waals surface area contributed by atoms with Crippen molar-refractivity contribution >= 4 is 11.7 Å². The van der Waals surface area contributed by atoms with Crippen LogP contribution in [-0.2, 0) is 28.9 Å². The van der Waals surface area contributed by atoms with Gasteiger partial charge in [0.05, 0.1) is 19.3 Å². The van der Waals surface area contributed by atoms with E-state index >= 15 is 0 Å². The molecule has 0 radical (unpaired) electrons. The van der Waals surface area contributed by atoms with Gasteiger partial charge in [0.25, 0.3) is 0 Å². The number of aliphatic hydroxyl groups excluding tert-OH is 1. The maximum atomic E-state index is 13.6. The molecule has 4 aliphatic carbocycles. The molecule has 2 fully saturated rings. The molecule has 1 heterocycles. The number of methoxy groups -OCH3 is 1. The summed E-state index contributed by atoms with van der Waals surface area (Å²) in [6.45, 7) is 5.39. The molecule has 8 rings (SSSR count). The van der Waals surface area contributed by atoms with Gasteiger partial charge in [0.1, 0.15) is 5.75 Å². The summed E-state index contributed by atoms with van der Waals surface area (Å²) in [5, 5.41) is 37.3. The molecule has 8 bridgehead atoms. The van der Waals surface area contributed by atoms with Crippen LogP contribution in [0.4, 0.5) is 0 Å². The number of carbonyl (C=O) groups excluding carboxylic acids is 1. The number of aliphatic hydroxyl groups is 1. The smallest absolute Gasteiger partial charge is 0.189 e. The average molecular weight is 854 g/mol. The van der Waals surface area contributed by atoms with Crippen LogP contribution in [0.5, 0.6) is 17.2 Å². The Kier molecular flexibility index (Phi) is 14.3. The Balaban J connectivity index is 1.32. The van der Waals surface area contributed by atoms with Crippen LogP contribution in [0, 0.1) is 41.4 Å². The summed E-state index contributed by atoms with van der Waals surface area (Å²) in [6, 6.07) is 16.4. The van der Waals surface area contributed by atoms with E-state index in [1.807, 2.05) is 24.3 Å². The fraction of sp³-hybridized carbons (Fsp3) is 0.519. The zero-order valence-electron chi connectivity index (χ0n) is 37.5. The van der Waals surface area contributed by atoms with E-state index in [2.05, 4.69) is 67.4 Å². The molecule has 9 heteroatoms. The van der Waals surface area contributed by atoms with Crippen molar-refractivity contribution in [1.29, 1.82) is 0 Å². The van der Waals surface area contributed by atoms with E-state index in [4.69, 9.17) is 20.2 Å². The number of aryl methyl sites for hydroxylation is 1. The van der Waals surface area contributed by atoms with E-state index in [1.54, 1.807) is 13.2 Å². The SMILES string of the molecule is CC[C@H](/C=C/C(=O)CCc1cc(OC2CCCC2)c(O)c2c1C#CC[C@H]1C[C@H]3C=C4[C@@H](C[C@@H](C)C[C@@H]4[C@@H]2[C@@H]3COC)c2cc(O)cc(c2)Cc2cccc(c2)CN=C(N)N1)CCO. The molecule has 3 aromatic rings. The highest BCUT2D eigenvalue weighted by atomic mass is 16.5. The molecule has 5 aliphatic rings. The van der Waals surface area contributed by atoms with E-state index in [0.29, 0.717) is 56.5 Å². The monoisotopic (exact) mass is 854 g/mol. The van der Waals surface area contributed by atoms with E-state index in [1.165, 1.54) is 5.57 Å². The van der Waals surface area contributed by atoms with Crippen LogP contribution in [0.15, 0.2) is 77.3 Å². The number of nitrogens with one attached hydrogen (secondary N) is 1. The number of ketones is 1. The Morgan fingerprint density at radius 3 is 2.68 bits per heavy atom. The van der Waals surface area contributed by atoms with E-state index in [0.717, 1.165) is 90.3 Å². The third kappa shape index (κ3) is 10.3. The maximum absolute atomic E-state index is 13.6. The van der Waals surface area contributed by atoms with Crippen LogP contribution < -0.4 is 15.8 Å². The van der Waals surface area contributed by atoms with Gasteiger partial charge < -0.3 is 35.8 Å². The molecular formula is C54H67N3O6. The first-order valence-corrected chi connectivity index (χ1v) is 23.6. The number of nitrogens with zero attached hydrogens (tertiary/aromatic N) is 1. The van der Waals surface area contributed by atoms with Crippen molar-refractivity contribution < 1.29 is 29.6 Å². The summed E-state index contributed by atoms with van der Waals surface area (Å²) in [5.41, 5.74) is 14.9. The number of hydrogen-bond donors (Lipinski definition) is 5. The van der Waals surface area contributed by atoms with Gasteiger partial charge in [-0.1, -0.05) is 73.7 Å². The van der Waals surface area contributed by atoms with Crippen LogP contribution in [-0.4, -0.2) is 59.5 Å². The summed E-state index contributed by atoms with van der Waals surface area (Å²) < 4.78 is 12.9. The van der Waals surface area contributed by atoms with Gasteiger partial charge in [0.15, 0.2) is 23.2 Å². The third-order valence-corrected chi connectivity index (χ3v) is 14.6. The normalized spacial score (nSPS) is 26.1. The highest BCUT2D eigenvalue weighted by molar-refractivity contribution is 5.89. The van der Waals surface area contributed by atoms with E-state index in [9.17, 15) is 20.1 Å². The molecule has 0 spiro atoms. The molecule has 9 nitrogen and oxygen atoms in total. The second-order valence-electron chi connectivity index (χ2n) is 19.1. The molecule has 0 saturated heterocycles. The zero-order valence-corrected chi connectivity index (χ0v) is 37.5. The van der Waals surface area contributed by atoms with Gasteiger partial charge >= 0.3 is 0 Å². The standard InChI is InChI=1S/C54H67N3O6/c1-4-34(19-20-58)15-17-42(59)18-16-38-30-50(63-44-12-5-6-13-44)53(61)52-45(38)14-8-11-41-27-40-29-47-46(21-33(2)22-48(47)51(52)49(40)32-62-3)39-25-37(26-43(60)28-39)24-35-9-7-10-36(23-35)31-56-54(55)57-41/h7,9-10,15,17,23,25-26,28-30,33-34,40-41,44,46,48-49,51,58,60-61H,4-6,11-13,16,18-22,24,27,31-32H2,1-3H3,(H3,55,56,57)/b17-15+/t33-,34-,40+,41+,46+,48+,49-,51-/m1/s1. The van der Waals surface area contributed by atoms with Crippen LogP contribution in [0.25, 0.3) is 0 Å². The molecule has 8 atom stereocenters. The number of aliphatic imine (C=N–C) groups is 1. The quantitative estimate of drug-likeness (QED) is 0.0689. The number of benzene rings is 3. The van der Waals surface area contributed by atoms with Gasteiger partial charge in [-0.2, -0.15) is 0 Å². The molecule has 1 aliphatic heterocycles. The molecule has 0 aromatic heterocycles. The van der Waals surface area contributed by atoms with Crippen LogP contribution in [0.3, 0.4) is 0 Å². The number of guanidine groups is 1. The summed E-state index contributed by atoms with van der Waals surface area (Å²) >= 11 is 0. The molecule has 0 unspecified atom stereocenters. The number of allylic oxidation sites excluding steroid dienone is 4. The minimum absolute atomic E-state index is 0.00917. The predicted molar refractivity (Wildman–Crippen MR) is 249 cm³/mol. The van der Waals surface area contributed by atoms with E-state index < -0.39 is 0 Å². The number of phenols is 2. The first-order chi connectivity index (χ1) is 30.6. The number of nitrogens with two attached hydrogens (primary N) is 1. The van der Waals surface area contributed by atoms with Crippen molar-refractivity contribution in [2.75, 3.05) is 20.3 Å². The Bertz CT molecular complexity index is 2280. The third-order valence-electron chi connectivity index (χ3n) is 14.6. The minimum Gasteiger partial charge on any atom is -0.508 e. The van der Waals surface area contributed by atoms with Gasteiger partial charge in [-0.05, 0) is 152 Å². The second-order valence-corrected chi connectivity index (χ2v) is 19.1. The Labute approximate surface area is 374 Å². The van der Waals surface area contributed by atoms with Crippen molar-refractivity contribution in [2.24, 2.45) is 40.3 Å². The number of carbonyl (C=O) groups is 1. The fourth-order valence-corrected chi connectivity index (χ4v) is 11.5. The zero-order chi connectivity index (χ0) is 44.0. The average Bonchev–Trinajstić information content (AvgIpc) is 3.78.